The maximum atomic E-state index is 12.6. The third kappa shape index (κ3) is 3.01. The van der Waals surface area contributed by atoms with E-state index in [9.17, 15) is 4.79 Å². The monoisotopic (exact) mass is 372 g/mol. The van der Waals surface area contributed by atoms with Crippen molar-refractivity contribution in [2.24, 2.45) is 0 Å². The Labute approximate surface area is 151 Å². The van der Waals surface area contributed by atoms with Crippen molar-refractivity contribution in [1.29, 1.82) is 0 Å². The van der Waals surface area contributed by atoms with Crippen molar-refractivity contribution in [3.8, 4) is 11.4 Å². The quantitative estimate of drug-likeness (QED) is 0.546. The standard InChI is InChI=1S/C17H10Cl2N4O2/c18-11-6-12-15(13(19)7-11)20-9-23(17(12)24)8-14-21-16(22-25-14)10-4-2-1-3-5-10/h1-7,9H,8H2. The zero-order valence-corrected chi connectivity index (χ0v) is 14.2. The van der Waals surface area contributed by atoms with E-state index in [2.05, 4.69) is 15.1 Å². The molecule has 0 N–H and O–H groups in total. The van der Waals surface area contributed by atoms with Gasteiger partial charge in [-0.05, 0) is 12.1 Å². The number of nitrogens with zero attached hydrogens (tertiary/aromatic N) is 4. The molecule has 6 nitrogen and oxygen atoms in total. The fourth-order valence-electron chi connectivity index (χ4n) is 2.48. The zero-order valence-electron chi connectivity index (χ0n) is 12.7. The first-order valence-electron chi connectivity index (χ1n) is 7.34. The molecule has 2 aromatic heterocycles. The summed E-state index contributed by atoms with van der Waals surface area (Å²) in [4.78, 5) is 21.2. The molecule has 0 saturated carbocycles. The van der Waals surface area contributed by atoms with Crippen LogP contribution in [0, 0.1) is 0 Å². The van der Waals surface area contributed by atoms with Crippen LogP contribution in [0.15, 0.2) is 58.1 Å². The molecule has 2 heterocycles. The van der Waals surface area contributed by atoms with Crippen molar-refractivity contribution in [3.63, 3.8) is 0 Å². The van der Waals surface area contributed by atoms with E-state index in [-0.39, 0.29) is 12.1 Å². The van der Waals surface area contributed by atoms with E-state index in [1.165, 1.54) is 17.0 Å². The van der Waals surface area contributed by atoms with Crippen molar-refractivity contribution in [3.05, 3.63) is 75.1 Å². The van der Waals surface area contributed by atoms with Gasteiger partial charge in [-0.25, -0.2) is 4.98 Å². The normalized spacial score (nSPS) is 11.1. The molecule has 25 heavy (non-hydrogen) atoms. The van der Waals surface area contributed by atoms with Crippen molar-refractivity contribution in [1.82, 2.24) is 19.7 Å². The van der Waals surface area contributed by atoms with Crippen molar-refractivity contribution in [2.45, 2.75) is 6.54 Å². The number of benzene rings is 2. The highest BCUT2D eigenvalue weighted by Crippen LogP contribution is 2.24. The topological polar surface area (TPSA) is 73.8 Å². The molecule has 0 atom stereocenters. The zero-order chi connectivity index (χ0) is 17.4. The number of hydrogen-bond donors (Lipinski definition) is 0. The van der Waals surface area contributed by atoms with Gasteiger partial charge in [-0.15, -0.1) is 0 Å². The Morgan fingerprint density at radius 2 is 1.92 bits per heavy atom. The Morgan fingerprint density at radius 3 is 2.72 bits per heavy atom. The molecule has 0 radical (unpaired) electrons. The smallest absolute Gasteiger partial charge is 0.261 e. The first-order chi connectivity index (χ1) is 12.1. The van der Waals surface area contributed by atoms with E-state index < -0.39 is 0 Å². The van der Waals surface area contributed by atoms with Gasteiger partial charge < -0.3 is 4.52 Å². The molecule has 0 spiro atoms. The Balaban J connectivity index is 1.71. The molecule has 0 bridgehead atoms. The lowest BCUT2D eigenvalue weighted by Gasteiger charge is -2.05. The van der Waals surface area contributed by atoms with Crippen LogP contribution in [0.5, 0.6) is 0 Å². The first kappa shape index (κ1) is 15.8. The highest BCUT2D eigenvalue weighted by atomic mass is 35.5. The third-order valence-electron chi connectivity index (χ3n) is 3.65. The van der Waals surface area contributed by atoms with Crippen LogP contribution < -0.4 is 5.56 Å². The summed E-state index contributed by atoms with van der Waals surface area (Å²) in [5.74, 6) is 0.763. The lowest BCUT2D eigenvalue weighted by Crippen LogP contribution is -2.21. The van der Waals surface area contributed by atoms with Gasteiger partial charge in [-0.3, -0.25) is 9.36 Å². The van der Waals surface area contributed by atoms with Crippen LogP contribution in [0.3, 0.4) is 0 Å². The molecule has 0 aliphatic carbocycles. The van der Waals surface area contributed by atoms with Gasteiger partial charge in [0.15, 0.2) is 0 Å². The molecule has 2 aromatic carbocycles. The second kappa shape index (κ2) is 6.31. The summed E-state index contributed by atoms with van der Waals surface area (Å²) in [7, 11) is 0. The van der Waals surface area contributed by atoms with Gasteiger partial charge in [-0.2, -0.15) is 4.98 Å². The molecule has 0 amide bonds. The van der Waals surface area contributed by atoms with Crippen LogP contribution in [-0.4, -0.2) is 19.7 Å². The fourth-order valence-corrected chi connectivity index (χ4v) is 3.02. The van der Waals surface area contributed by atoms with Crippen LogP contribution in [0.25, 0.3) is 22.3 Å². The van der Waals surface area contributed by atoms with Crippen LogP contribution in [0.2, 0.25) is 10.0 Å². The summed E-state index contributed by atoms with van der Waals surface area (Å²) in [5.41, 5.74) is 0.955. The van der Waals surface area contributed by atoms with E-state index in [4.69, 9.17) is 27.7 Å². The Morgan fingerprint density at radius 1 is 1.12 bits per heavy atom. The molecule has 0 aliphatic rings. The third-order valence-corrected chi connectivity index (χ3v) is 4.16. The minimum atomic E-state index is -0.283. The minimum absolute atomic E-state index is 0.103. The Hall–Kier alpha value is -2.70. The van der Waals surface area contributed by atoms with E-state index in [0.29, 0.717) is 32.7 Å². The number of hydrogen-bond acceptors (Lipinski definition) is 5. The number of halogens is 2. The molecular weight excluding hydrogens is 363 g/mol. The number of rotatable bonds is 3. The molecule has 8 heteroatoms. The molecule has 4 rings (SSSR count). The first-order valence-corrected chi connectivity index (χ1v) is 8.09. The highest BCUT2D eigenvalue weighted by Gasteiger charge is 2.13. The lowest BCUT2D eigenvalue weighted by atomic mass is 10.2. The van der Waals surface area contributed by atoms with Crippen LogP contribution in [-0.2, 0) is 6.54 Å². The molecule has 0 unspecified atom stereocenters. The summed E-state index contributed by atoms with van der Waals surface area (Å²) >= 11 is 12.1. The average Bonchev–Trinajstić information content (AvgIpc) is 3.07. The Kier molecular flexibility index (Phi) is 3.99. The van der Waals surface area contributed by atoms with Crippen molar-refractivity contribution >= 4 is 34.1 Å². The van der Waals surface area contributed by atoms with Crippen LogP contribution in [0.1, 0.15) is 5.89 Å². The summed E-state index contributed by atoms with van der Waals surface area (Å²) in [6.07, 6.45) is 1.40. The van der Waals surface area contributed by atoms with Gasteiger partial charge in [0.2, 0.25) is 11.7 Å². The van der Waals surface area contributed by atoms with E-state index in [1.807, 2.05) is 30.3 Å². The molecule has 0 saturated heterocycles. The molecule has 0 aliphatic heterocycles. The highest BCUT2D eigenvalue weighted by molar-refractivity contribution is 6.38. The second-order valence-electron chi connectivity index (χ2n) is 5.34. The Bertz CT molecular complexity index is 1120. The predicted molar refractivity (Wildman–Crippen MR) is 94.9 cm³/mol. The van der Waals surface area contributed by atoms with Gasteiger partial charge >= 0.3 is 0 Å². The van der Waals surface area contributed by atoms with Crippen molar-refractivity contribution in [2.75, 3.05) is 0 Å². The molecular formula is C17H10Cl2N4O2. The summed E-state index contributed by atoms with van der Waals surface area (Å²) < 4.78 is 6.61. The van der Waals surface area contributed by atoms with Gasteiger partial charge in [0.25, 0.3) is 5.56 Å². The van der Waals surface area contributed by atoms with Gasteiger partial charge in [0, 0.05) is 10.6 Å². The lowest BCUT2D eigenvalue weighted by molar-refractivity contribution is 0.369. The predicted octanol–water partition coefficient (Wildman–Crippen LogP) is 3.80. The van der Waals surface area contributed by atoms with Crippen LogP contribution >= 0.6 is 23.2 Å². The second-order valence-corrected chi connectivity index (χ2v) is 6.18. The molecule has 124 valence electrons. The maximum Gasteiger partial charge on any atom is 0.261 e. The maximum absolute atomic E-state index is 12.6. The summed E-state index contributed by atoms with van der Waals surface area (Å²) in [5, 5.41) is 4.98. The van der Waals surface area contributed by atoms with Gasteiger partial charge in [0.05, 0.1) is 22.3 Å². The number of fused-ring (bicyclic) bond motifs is 1. The van der Waals surface area contributed by atoms with E-state index in [1.54, 1.807) is 6.07 Å². The average molecular weight is 373 g/mol. The van der Waals surface area contributed by atoms with Crippen molar-refractivity contribution < 1.29 is 4.52 Å². The van der Waals surface area contributed by atoms with E-state index >= 15 is 0 Å². The summed E-state index contributed by atoms with van der Waals surface area (Å²) in [6, 6.07) is 12.5. The SMILES string of the molecule is O=c1c2cc(Cl)cc(Cl)c2ncn1Cc1nc(-c2ccccc2)no1. The van der Waals surface area contributed by atoms with Crippen LogP contribution in [0.4, 0.5) is 0 Å². The summed E-state index contributed by atoms with van der Waals surface area (Å²) in [6.45, 7) is 0.103. The largest absolute Gasteiger partial charge is 0.337 e. The van der Waals surface area contributed by atoms with E-state index in [0.717, 1.165) is 5.56 Å². The van der Waals surface area contributed by atoms with Gasteiger partial charge in [-0.1, -0.05) is 58.7 Å². The molecule has 4 aromatic rings. The number of aromatic nitrogens is 4. The minimum Gasteiger partial charge on any atom is -0.337 e. The van der Waals surface area contributed by atoms with Gasteiger partial charge in [0.1, 0.15) is 6.54 Å². The molecule has 0 fully saturated rings. The fraction of sp³-hybridized carbons (Fsp3) is 0.0588.